The molecule has 1 aliphatic rings. The number of nitrogens with zero attached hydrogens (tertiary/aromatic N) is 1. The van der Waals surface area contributed by atoms with E-state index < -0.39 is 20.8 Å². The van der Waals surface area contributed by atoms with Crippen molar-refractivity contribution in [1.29, 1.82) is 0 Å². The molecule has 1 aliphatic heterocycles. The molecule has 0 saturated carbocycles. The van der Waals surface area contributed by atoms with E-state index in [1.807, 2.05) is 18.7 Å². The quantitative estimate of drug-likeness (QED) is 0.801. The third-order valence-electron chi connectivity index (χ3n) is 3.82. The molecule has 0 spiro atoms. The van der Waals surface area contributed by atoms with Crippen molar-refractivity contribution in [3.63, 3.8) is 0 Å². The average molecular weight is 295 g/mol. The number of hydrogen-bond acceptors (Lipinski definition) is 5. The van der Waals surface area contributed by atoms with Gasteiger partial charge in [0.25, 0.3) is 0 Å². The van der Waals surface area contributed by atoms with Gasteiger partial charge < -0.3 is 5.11 Å². The van der Waals surface area contributed by atoms with Gasteiger partial charge in [-0.05, 0) is 12.8 Å². The lowest BCUT2D eigenvalue weighted by atomic mass is 9.97. The number of sulfone groups is 1. The van der Waals surface area contributed by atoms with Gasteiger partial charge in [0.15, 0.2) is 9.84 Å². The van der Waals surface area contributed by atoms with Crippen LogP contribution in [0, 0.1) is 0 Å². The fourth-order valence-electron chi connectivity index (χ4n) is 2.17. The summed E-state index contributed by atoms with van der Waals surface area (Å²) in [6.07, 6.45) is 1.32. The van der Waals surface area contributed by atoms with E-state index >= 15 is 0 Å². The molecule has 1 heterocycles. The van der Waals surface area contributed by atoms with Crippen LogP contribution in [-0.4, -0.2) is 59.7 Å². The summed E-state index contributed by atoms with van der Waals surface area (Å²) in [4.78, 5) is 1.96. The molecule has 0 aromatic heterocycles. The Morgan fingerprint density at radius 1 is 1.33 bits per heavy atom. The van der Waals surface area contributed by atoms with Gasteiger partial charge in [0.05, 0.1) is 5.60 Å². The molecule has 1 unspecified atom stereocenters. The van der Waals surface area contributed by atoms with E-state index in [2.05, 4.69) is 0 Å². The van der Waals surface area contributed by atoms with Crippen LogP contribution in [0.25, 0.3) is 0 Å². The number of hydrogen-bond donors (Lipinski definition) is 1. The topological polar surface area (TPSA) is 57.6 Å². The molecule has 0 amide bonds. The highest BCUT2D eigenvalue weighted by Gasteiger charge is 2.36. The highest BCUT2D eigenvalue weighted by atomic mass is 32.2. The highest BCUT2D eigenvalue weighted by molar-refractivity contribution is 8.01. The van der Waals surface area contributed by atoms with Gasteiger partial charge in [-0.25, -0.2) is 8.42 Å². The van der Waals surface area contributed by atoms with E-state index in [9.17, 15) is 13.5 Å². The van der Waals surface area contributed by atoms with Gasteiger partial charge in [0, 0.05) is 30.3 Å². The van der Waals surface area contributed by atoms with Crippen LogP contribution in [0.1, 0.15) is 33.6 Å². The minimum Gasteiger partial charge on any atom is -0.389 e. The average Bonchev–Trinajstić information content (AvgIpc) is 2.39. The van der Waals surface area contributed by atoms with Crippen LogP contribution >= 0.6 is 11.8 Å². The zero-order valence-electron chi connectivity index (χ0n) is 11.6. The number of rotatable bonds is 6. The molecule has 6 heteroatoms. The first-order valence-electron chi connectivity index (χ1n) is 6.64. The molecular weight excluding hydrogens is 270 g/mol. The fourth-order valence-corrected chi connectivity index (χ4v) is 5.25. The Labute approximate surface area is 115 Å². The SMILES string of the molecule is CCC(O)(CC)CN1CCSCC1S(=O)(=O)CC. The van der Waals surface area contributed by atoms with Crippen LogP contribution < -0.4 is 0 Å². The van der Waals surface area contributed by atoms with Gasteiger partial charge in [-0.15, -0.1) is 0 Å². The van der Waals surface area contributed by atoms with Crippen LogP contribution in [0.4, 0.5) is 0 Å². The lowest BCUT2D eigenvalue weighted by Gasteiger charge is -2.39. The number of thioether (sulfide) groups is 1. The summed E-state index contributed by atoms with van der Waals surface area (Å²) >= 11 is 1.69. The van der Waals surface area contributed by atoms with Gasteiger partial charge in [0.2, 0.25) is 0 Å². The fraction of sp³-hybridized carbons (Fsp3) is 1.00. The summed E-state index contributed by atoms with van der Waals surface area (Å²) in [7, 11) is -3.07. The third-order valence-corrected chi connectivity index (χ3v) is 7.15. The van der Waals surface area contributed by atoms with Gasteiger partial charge in [-0.3, -0.25) is 4.90 Å². The lowest BCUT2D eigenvalue weighted by molar-refractivity contribution is -0.00444. The monoisotopic (exact) mass is 295 g/mol. The maximum absolute atomic E-state index is 12.1. The van der Waals surface area contributed by atoms with Crippen LogP contribution in [0.3, 0.4) is 0 Å². The van der Waals surface area contributed by atoms with E-state index in [0.717, 1.165) is 12.3 Å². The Morgan fingerprint density at radius 2 is 1.94 bits per heavy atom. The zero-order valence-corrected chi connectivity index (χ0v) is 13.2. The second-order valence-electron chi connectivity index (χ2n) is 4.88. The van der Waals surface area contributed by atoms with Crippen molar-refractivity contribution >= 4 is 21.6 Å². The zero-order chi connectivity index (χ0) is 13.8. The lowest BCUT2D eigenvalue weighted by Crippen LogP contribution is -2.53. The first kappa shape index (κ1) is 16.3. The smallest absolute Gasteiger partial charge is 0.166 e. The van der Waals surface area contributed by atoms with E-state index in [1.165, 1.54) is 0 Å². The summed E-state index contributed by atoms with van der Waals surface area (Å²) < 4.78 is 24.2. The summed E-state index contributed by atoms with van der Waals surface area (Å²) in [5.74, 6) is 1.74. The standard InChI is InChI=1S/C12H25NO3S2/c1-4-12(14,5-2)10-13-7-8-17-9-11(13)18(15,16)6-3/h11,14H,4-10H2,1-3H3. The van der Waals surface area contributed by atoms with Crippen molar-refractivity contribution in [2.24, 2.45) is 0 Å². The van der Waals surface area contributed by atoms with Crippen molar-refractivity contribution in [1.82, 2.24) is 4.90 Å². The molecular formula is C12H25NO3S2. The highest BCUT2D eigenvalue weighted by Crippen LogP contribution is 2.25. The maximum Gasteiger partial charge on any atom is 0.166 e. The van der Waals surface area contributed by atoms with E-state index in [-0.39, 0.29) is 5.75 Å². The van der Waals surface area contributed by atoms with Gasteiger partial charge >= 0.3 is 0 Å². The second kappa shape index (κ2) is 6.59. The number of β-amino-alcohol motifs (C(OH)–C–C–N with tert-alkyl or cyclic N) is 1. The molecule has 18 heavy (non-hydrogen) atoms. The van der Waals surface area contributed by atoms with E-state index in [0.29, 0.717) is 25.1 Å². The molecule has 4 nitrogen and oxygen atoms in total. The predicted octanol–water partition coefficient (Wildman–Crippen LogP) is 1.35. The Morgan fingerprint density at radius 3 is 2.44 bits per heavy atom. The van der Waals surface area contributed by atoms with Crippen LogP contribution in [-0.2, 0) is 9.84 Å². The van der Waals surface area contributed by atoms with Crippen molar-refractivity contribution < 1.29 is 13.5 Å². The molecule has 1 atom stereocenters. The molecule has 108 valence electrons. The molecule has 0 aliphatic carbocycles. The van der Waals surface area contributed by atoms with Gasteiger partial charge in [0.1, 0.15) is 5.37 Å². The van der Waals surface area contributed by atoms with E-state index in [4.69, 9.17) is 0 Å². The molecule has 0 aromatic rings. The third kappa shape index (κ3) is 3.85. The largest absolute Gasteiger partial charge is 0.389 e. The maximum atomic E-state index is 12.1. The summed E-state index contributed by atoms with van der Waals surface area (Å²) in [6.45, 7) is 6.80. The predicted molar refractivity (Wildman–Crippen MR) is 77.7 cm³/mol. The molecule has 1 rings (SSSR count). The molecule has 0 radical (unpaired) electrons. The summed E-state index contributed by atoms with van der Waals surface area (Å²) in [5.41, 5.74) is -0.760. The summed E-state index contributed by atoms with van der Waals surface area (Å²) in [5, 5.41) is 9.97. The molecule has 0 aromatic carbocycles. The second-order valence-corrected chi connectivity index (χ2v) is 8.48. The van der Waals surface area contributed by atoms with Crippen LogP contribution in [0.2, 0.25) is 0 Å². The van der Waals surface area contributed by atoms with Gasteiger partial charge in [-0.2, -0.15) is 11.8 Å². The summed E-state index contributed by atoms with van der Waals surface area (Å²) in [6, 6.07) is 0. The minimum absolute atomic E-state index is 0.172. The Hall–Kier alpha value is 0.220. The molecule has 1 N–H and O–H groups in total. The Balaban J connectivity index is 2.84. The molecule has 1 fully saturated rings. The first-order valence-corrected chi connectivity index (χ1v) is 9.51. The van der Waals surface area contributed by atoms with E-state index in [1.54, 1.807) is 18.7 Å². The van der Waals surface area contributed by atoms with Crippen molar-refractivity contribution in [2.45, 2.75) is 44.6 Å². The van der Waals surface area contributed by atoms with Gasteiger partial charge in [-0.1, -0.05) is 20.8 Å². The Bertz CT molecular complexity index is 352. The van der Waals surface area contributed by atoms with Crippen molar-refractivity contribution in [3.8, 4) is 0 Å². The minimum atomic E-state index is -3.07. The number of aliphatic hydroxyl groups is 1. The van der Waals surface area contributed by atoms with Crippen molar-refractivity contribution in [3.05, 3.63) is 0 Å². The van der Waals surface area contributed by atoms with Crippen LogP contribution in [0.5, 0.6) is 0 Å². The normalized spacial score (nSPS) is 23.2. The molecule has 1 saturated heterocycles. The Kier molecular flexibility index (Phi) is 5.96. The molecule has 0 bridgehead atoms. The van der Waals surface area contributed by atoms with Crippen molar-refractivity contribution in [2.75, 3.05) is 30.3 Å². The van der Waals surface area contributed by atoms with Crippen LogP contribution in [0.15, 0.2) is 0 Å². The first-order chi connectivity index (χ1) is 8.38.